The van der Waals surface area contributed by atoms with Gasteiger partial charge < -0.3 is 4.74 Å². The minimum absolute atomic E-state index is 0.431. The molecule has 1 rings (SSSR count). The summed E-state index contributed by atoms with van der Waals surface area (Å²) in [4.78, 5) is 9.18. The number of hydrogen-bond acceptors (Lipinski definition) is 2. The van der Waals surface area contributed by atoms with Crippen LogP contribution < -0.4 is 0 Å². The highest BCUT2D eigenvalue weighted by atomic mass is 16.5. The van der Waals surface area contributed by atoms with Gasteiger partial charge in [0.05, 0.1) is 6.61 Å². The molecule has 0 aliphatic rings. The van der Waals surface area contributed by atoms with Crippen molar-refractivity contribution in [1.29, 1.82) is 0 Å². The minimum atomic E-state index is 0.431. The van der Waals surface area contributed by atoms with Gasteiger partial charge in [0.15, 0.2) is 0 Å². The van der Waals surface area contributed by atoms with E-state index in [1.165, 1.54) is 5.56 Å². The quantitative estimate of drug-likeness (QED) is 0.541. The van der Waals surface area contributed by atoms with E-state index in [9.17, 15) is 4.79 Å². The molecular formula is C12H16O2. The minimum Gasteiger partial charge on any atom is -0.468 e. The van der Waals surface area contributed by atoms with E-state index < -0.39 is 0 Å². The summed E-state index contributed by atoms with van der Waals surface area (Å²) in [6, 6.07) is 10.3. The summed E-state index contributed by atoms with van der Waals surface area (Å²) in [5.74, 6) is 0. The van der Waals surface area contributed by atoms with Gasteiger partial charge in [0.2, 0.25) is 0 Å². The fraction of sp³-hybridized carbons (Fsp3) is 0.250. The van der Waals surface area contributed by atoms with Crippen molar-refractivity contribution < 1.29 is 9.53 Å². The molecule has 0 aliphatic heterocycles. The molecule has 0 unspecified atom stereocenters. The summed E-state index contributed by atoms with van der Waals surface area (Å²) in [7, 11) is 0. The van der Waals surface area contributed by atoms with Crippen LogP contribution >= 0.6 is 0 Å². The Kier molecular flexibility index (Phi) is 8.45. The van der Waals surface area contributed by atoms with Crippen molar-refractivity contribution in [2.45, 2.75) is 13.3 Å². The highest BCUT2D eigenvalue weighted by Gasteiger charge is 1.82. The number of carbonyl (C=O) groups is 1. The third-order valence-corrected chi connectivity index (χ3v) is 1.46. The molecule has 0 saturated carbocycles. The summed E-state index contributed by atoms with van der Waals surface area (Å²) in [6.45, 7) is 6.32. The van der Waals surface area contributed by atoms with E-state index in [0.29, 0.717) is 13.1 Å². The predicted molar refractivity (Wildman–Crippen MR) is 58.0 cm³/mol. The van der Waals surface area contributed by atoms with Gasteiger partial charge in [0.25, 0.3) is 6.47 Å². The van der Waals surface area contributed by atoms with Crippen LogP contribution in [0.3, 0.4) is 0 Å². The van der Waals surface area contributed by atoms with Gasteiger partial charge >= 0.3 is 0 Å². The lowest BCUT2D eigenvalue weighted by molar-refractivity contribution is -0.128. The molecule has 0 radical (unpaired) electrons. The second-order valence-corrected chi connectivity index (χ2v) is 2.53. The van der Waals surface area contributed by atoms with Crippen molar-refractivity contribution >= 4 is 6.47 Å². The molecule has 0 saturated heterocycles. The maximum Gasteiger partial charge on any atom is 0.293 e. The Morgan fingerprint density at radius 2 is 2.00 bits per heavy atom. The first-order valence-electron chi connectivity index (χ1n) is 4.55. The van der Waals surface area contributed by atoms with Gasteiger partial charge in [-0.2, -0.15) is 0 Å². The SMILES string of the molecule is C=CCc1ccccc1.CCOC=O. The Labute approximate surface area is 85.2 Å². The van der Waals surface area contributed by atoms with Crippen LogP contribution in [0.1, 0.15) is 12.5 Å². The zero-order valence-corrected chi connectivity index (χ0v) is 8.48. The number of hydrogen-bond donors (Lipinski definition) is 0. The molecule has 2 nitrogen and oxygen atoms in total. The molecule has 0 aliphatic carbocycles. The molecule has 0 aromatic heterocycles. The van der Waals surface area contributed by atoms with E-state index in [2.05, 4.69) is 23.4 Å². The van der Waals surface area contributed by atoms with Crippen molar-refractivity contribution in [3.8, 4) is 0 Å². The summed E-state index contributed by atoms with van der Waals surface area (Å²) in [6.07, 6.45) is 2.89. The van der Waals surface area contributed by atoms with Gasteiger partial charge in [0, 0.05) is 0 Å². The van der Waals surface area contributed by atoms with Crippen molar-refractivity contribution in [3.05, 3.63) is 48.6 Å². The number of carbonyl (C=O) groups excluding carboxylic acids is 1. The van der Waals surface area contributed by atoms with Gasteiger partial charge in [-0.15, -0.1) is 6.58 Å². The van der Waals surface area contributed by atoms with Crippen LogP contribution in [0.15, 0.2) is 43.0 Å². The van der Waals surface area contributed by atoms with Crippen LogP contribution in [0.2, 0.25) is 0 Å². The van der Waals surface area contributed by atoms with Crippen LogP contribution in [0.5, 0.6) is 0 Å². The van der Waals surface area contributed by atoms with Gasteiger partial charge in [-0.25, -0.2) is 0 Å². The lowest BCUT2D eigenvalue weighted by Gasteiger charge is -1.91. The second kappa shape index (κ2) is 9.52. The van der Waals surface area contributed by atoms with Crippen LogP contribution in [0, 0.1) is 0 Å². The number of benzene rings is 1. The molecule has 0 bridgehead atoms. The number of ether oxygens (including phenoxy) is 1. The highest BCUT2D eigenvalue weighted by Crippen LogP contribution is 1.98. The lowest BCUT2D eigenvalue weighted by atomic mass is 10.2. The third-order valence-electron chi connectivity index (χ3n) is 1.46. The monoisotopic (exact) mass is 192 g/mol. The normalized spacial score (nSPS) is 8.07. The Morgan fingerprint density at radius 3 is 2.36 bits per heavy atom. The maximum absolute atomic E-state index is 9.18. The van der Waals surface area contributed by atoms with Crippen LogP contribution in [-0.4, -0.2) is 13.1 Å². The van der Waals surface area contributed by atoms with E-state index in [4.69, 9.17) is 0 Å². The molecular weight excluding hydrogens is 176 g/mol. The topological polar surface area (TPSA) is 26.3 Å². The first kappa shape index (κ1) is 12.4. The Morgan fingerprint density at radius 1 is 1.36 bits per heavy atom. The van der Waals surface area contributed by atoms with Gasteiger partial charge in [-0.3, -0.25) is 4.79 Å². The van der Waals surface area contributed by atoms with Crippen molar-refractivity contribution in [2.75, 3.05) is 6.61 Å². The van der Waals surface area contributed by atoms with Crippen molar-refractivity contribution in [3.63, 3.8) is 0 Å². The predicted octanol–water partition coefficient (Wildman–Crippen LogP) is 2.59. The summed E-state index contributed by atoms with van der Waals surface area (Å²) < 4.78 is 4.15. The van der Waals surface area contributed by atoms with E-state index >= 15 is 0 Å². The molecule has 1 aromatic rings. The first-order valence-corrected chi connectivity index (χ1v) is 4.55. The fourth-order valence-corrected chi connectivity index (χ4v) is 0.849. The molecule has 14 heavy (non-hydrogen) atoms. The van der Waals surface area contributed by atoms with E-state index in [0.717, 1.165) is 6.42 Å². The Bertz CT molecular complexity index is 242. The number of rotatable bonds is 4. The molecule has 0 heterocycles. The van der Waals surface area contributed by atoms with E-state index in [1.54, 1.807) is 6.92 Å². The molecule has 0 N–H and O–H groups in total. The first-order chi connectivity index (χ1) is 6.85. The standard InChI is InChI=1S/C9H10.C3H6O2/c1-2-6-9-7-4-3-5-8-9;1-2-5-3-4/h2-5,7-8H,1,6H2;3H,2H2,1H3. The van der Waals surface area contributed by atoms with Gasteiger partial charge in [-0.05, 0) is 18.9 Å². The third kappa shape index (κ3) is 7.10. The maximum atomic E-state index is 9.18. The van der Waals surface area contributed by atoms with Crippen LogP contribution in [-0.2, 0) is 16.0 Å². The molecule has 76 valence electrons. The molecule has 0 spiro atoms. The van der Waals surface area contributed by atoms with Crippen LogP contribution in [0.25, 0.3) is 0 Å². The van der Waals surface area contributed by atoms with Crippen LogP contribution in [0.4, 0.5) is 0 Å². The van der Waals surface area contributed by atoms with Gasteiger partial charge in [0.1, 0.15) is 0 Å². The molecule has 2 heteroatoms. The average molecular weight is 192 g/mol. The zero-order chi connectivity index (χ0) is 10.6. The van der Waals surface area contributed by atoms with Crippen molar-refractivity contribution in [1.82, 2.24) is 0 Å². The molecule has 0 fully saturated rings. The Balaban J connectivity index is 0.000000292. The highest BCUT2D eigenvalue weighted by molar-refractivity contribution is 5.36. The lowest BCUT2D eigenvalue weighted by Crippen LogP contribution is -1.80. The fourth-order valence-electron chi connectivity index (χ4n) is 0.849. The summed E-state index contributed by atoms with van der Waals surface area (Å²) in [5.41, 5.74) is 1.33. The zero-order valence-electron chi connectivity index (χ0n) is 8.48. The molecule has 1 aromatic carbocycles. The Hall–Kier alpha value is -1.57. The summed E-state index contributed by atoms with van der Waals surface area (Å²) in [5, 5.41) is 0. The summed E-state index contributed by atoms with van der Waals surface area (Å²) >= 11 is 0. The average Bonchev–Trinajstić information content (AvgIpc) is 2.22. The van der Waals surface area contributed by atoms with E-state index in [1.807, 2.05) is 24.3 Å². The molecule has 0 amide bonds. The van der Waals surface area contributed by atoms with Crippen molar-refractivity contribution in [2.24, 2.45) is 0 Å². The smallest absolute Gasteiger partial charge is 0.293 e. The number of allylic oxidation sites excluding steroid dienone is 1. The molecule has 0 atom stereocenters. The van der Waals surface area contributed by atoms with Gasteiger partial charge in [-0.1, -0.05) is 36.4 Å². The largest absolute Gasteiger partial charge is 0.468 e. The second-order valence-electron chi connectivity index (χ2n) is 2.53. The van der Waals surface area contributed by atoms with E-state index in [-0.39, 0.29) is 0 Å².